The molecule has 1 heterocycles. The van der Waals surface area contributed by atoms with Crippen molar-refractivity contribution in [1.82, 2.24) is 4.72 Å². The molecule has 2 aromatic rings. The number of rotatable bonds is 5. The largest absolute Gasteiger partial charge is 0.399 e. The Hall–Kier alpha value is -1.44. The van der Waals surface area contributed by atoms with Crippen LogP contribution >= 0.6 is 11.3 Å². The first kappa shape index (κ1) is 15.9. The average molecular weight is 328 g/mol. The summed E-state index contributed by atoms with van der Waals surface area (Å²) in [5.41, 5.74) is 5.76. The van der Waals surface area contributed by atoms with Crippen molar-refractivity contribution >= 4 is 27.0 Å². The molecule has 0 spiro atoms. The highest BCUT2D eigenvalue weighted by Gasteiger charge is 2.26. The molecule has 2 rings (SSSR count). The number of hydrogen-bond acceptors (Lipinski definition) is 4. The van der Waals surface area contributed by atoms with Gasteiger partial charge in [0.1, 0.15) is 10.7 Å². The minimum absolute atomic E-state index is 0.0301. The maximum atomic E-state index is 13.8. The number of benzene rings is 1. The molecule has 1 unspecified atom stereocenters. The fraction of sp³-hybridized carbons (Fsp3) is 0.286. The van der Waals surface area contributed by atoms with Crippen LogP contribution in [-0.4, -0.2) is 8.42 Å². The minimum atomic E-state index is -3.98. The Morgan fingerprint density at radius 1 is 1.29 bits per heavy atom. The molecule has 1 atom stereocenters. The van der Waals surface area contributed by atoms with E-state index in [0.717, 1.165) is 17.0 Å². The zero-order valence-corrected chi connectivity index (χ0v) is 13.3. The fourth-order valence-corrected chi connectivity index (χ4v) is 4.45. The Balaban J connectivity index is 2.37. The van der Waals surface area contributed by atoms with Gasteiger partial charge in [0.2, 0.25) is 10.0 Å². The number of thiophene rings is 1. The van der Waals surface area contributed by atoms with Crippen molar-refractivity contribution in [3.8, 4) is 0 Å². The molecule has 1 aromatic heterocycles. The van der Waals surface area contributed by atoms with Crippen molar-refractivity contribution in [1.29, 1.82) is 0 Å². The van der Waals surface area contributed by atoms with Crippen molar-refractivity contribution in [2.24, 2.45) is 5.92 Å². The second kappa shape index (κ2) is 6.13. The van der Waals surface area contributed by atoms with E-state index in [2.05, 4.69) is 4.72 Å². The van der Waals surface area contributed by atoms with E-state index in [4.69, 9.17) is 5.73 Å². The topological polar surface area (TPSA) is 72.2 Å². The summed E-state index contributed by atoms with van der Waals surface area (Å²) in [7, 11) is -3.98. The fourth-order valence-electron chi connectivity index (χ4n) is 1.95. The van der Waals surface area contributed by atoms with Crippen LogP contribution < -0.4 is 10.5 Å². The minimum Gasteiger partial charge on any atom is -0.399 e. The maximum Gasteiger partial charge on any atom is 0.244 e. The van der Waals surface area contributed by atoms with Gasteiger partial charge in [-0.2, -0.15) is 0 Å². The van der Waals surface area contributed by atoms with Crippen molar-refractivity contribution < 1.29 is 12.8 Å². The molecule has 4 nitrogen and oxygen atoms in total. The van der Waals surface area contributed by atoms with Crippen LogP contribution in [0.4, 0.5) is 10.1 Å². The zero-order chi connectivity index (χ0) is 15.6. The van der Waals surface area contributed by atoms with Crippen molar-refractivity contribution in [2.75, 3.05) is 5.73 Å². The van der Waals surface area contributed by atoms with Crippen LogP contribution in [0.15, 0.2) is 40.6 Å². The van der Waals surface area contributed by atoms with Crippen LogP contribution in [0.2, 0.25) is 0 Å². The van der Waals surface area contributed by atoms with Crippen molar-refractivity contribution in [3.05, 3.63) is 46.4 Å². The first-order valence-electron chi connectivity index (χ1n) is 6.42. The monoisotopic (exact) mass is 328 g/mol. The van der Waals surface area contributed by atoms with E-state index in [1.165, 1.54) is 17.4 Å². The molecule has 0 bridgehead atoms. The molecule has 114 valence electrons. The van der Waals surface area contributed by atoms with E-state index in [-0.39, 0.29) is 11.6 Å². The summed E-state index contributed by atoms with van der Waals surface area (Å²) in [5.74, 6) is -0.784. The Bertz CT molecular complexity index is 713. The third-order valence-electron chi connectivity index (χ3n) is 3.04. The summed E-state index contributed by atoms with van der Waals surface area (Å²) in [4.78, 5) is 0.461. The van der Waals surface area contributed by atoms with Gasteiger partial charge in [-0.05, 0) is 35.6 Å². The molecule has 21 heavy (non-hydrogen) atoms. The highest BCUT2D eigenvalue weighted by Crippen LogP contribution is 2.28. The second-order valence-corrected chi connectivity index (χ2v) is 7.71. The maximum absolute atomic E-state index is 13.8. The molecule has 0 fully saturated rings. The molecule has 0 saturated carbocycles. The van der Waals surface area contributed by atoms with Crippen molar-refractivity contribution in [3.63, 3.8) is 0 Å². The van der Waals surface area contributed by atoms with Gasteiger partial charge in [0, 0.05) is 10.6 Å². The van der Waals surface area contributed by atoms with Gasteiger partial charge < -0.3 is 5.73 Å². The number of nitrogens with one attached hydrogen (secondary N) is 1. The van der Waals surface area contributed by atoms with Crippen LogP contribution in [0.5, 0.6) is 0 Å². The highest BCUT2D eigenvalue weighted by molar-refractivity contribution is 7.89. The van der Waals surface area contributed by atoms with Gasteiger partial charge in [-0.15, -0.1) is 11.3 Å². The average Bonchev–Trinajstić information content (AvgIpc) is 2.92. The Morgan fingerprint density at radius 2 is 2.00 bits per heavy atom. The number of halogens is 1. The molecule has 0 aliphatic carbocycles. The molecule has 0 amide bonds. The number of sulfonamides is 1. The lowest BCUT2D eigenvalue weighted by atomic mass is 10.0. The molecule has 0 radical (unpaired) electrons. The van der Waals surface area contributed by atoms with Gasteiger partial charge in [0.25, 0.3) is 0 Å². The zero-order valence-electron chi connectivity index (χ0n) is 11.7. The van der Waals surface area contributed by atoms with E-state index in [1.54, 1.807) is 0 Å². The van der Waals surface area contributed by atoms with Crippen LogP contribution in [0, 0.1) is 11.7 Å². The van der Waals surface area contributed by atoms with Gasteiger partial charge in [0.05, 0.1) is 6.04 Å². The Kier molecular flexibility index (Phi) is 4.65. The molecule has 1 aromatic carbocycles. The van der Waals surface area contributed by atoms with E-state index >= 15 is 0 Å². The Labute approximate surface area is 127 Å². The third kappa shape index (κ3) is 3.61. The smallest absolute Gasteiger partial charge is 0.244 e. The van der Waals surface area contributed by atoms with Crippen LogP contribution in [0.1, 0.15) is 24.8 Å². The predicted molar refractivity (Wildman–Crippen MR) is 83.0 cm³/mol. The number of nitrogen functional groups attached to an aromatic ring is 1. The van der Waals surface area contributed by atoms with Gasteiger partial charge in [-0.3, -0.25) is 0 Å². The summed E-state index contributed by atoms with van der Waals surface area (Å²) >= 11 is 1.46. The standard InChI is InChI=1S/C14H17FN2O2S2/c1-9(2)14(12-4-3-7-20-12)17-21(18,19)13-8-10(16)5-6-11(13)15/h3-9,14,17H,16H2,1-2H3. The molecule has 0 saturated heterocycles. The van der Waals surface area contributed by atoms with Gasteiger partial charge >= 0.3 is 0 Å². The molecule has 3 N–H and O–H groups in total. The van der Waals surface area contributed by atoms with E-state index in [0.29, 0.717) is 0 Å². The number of hydrogen-bond donors (Lipinski definition) is 2. The lowest BCUT2D eigenvalue weighted by Gasteiger charge is -2.21. The van der Waals surface area contributed by atoms with Crippen LogP contribution in [0.3, 0.4) is 0 Å². The SMILES string of the molecule is CC(C)C(NS(=O)(=O)c1cc(N)ccc1F)c1cccs1. The normalized spacial score (nSPS) is 13.5. The van der Waals surface area contributed by atoms with Gasteiger partial charge in [-0.25, -0.2) is 17.5 Å². The molecule has 7 heteroatoms. The first-order chi connectivity index (χ1) is 9.81. The van der Waals surface area contributed by atoms with E-state index in [9.17, 15) is 12.8 Å². The Morgan fingerprint density at radius 3 is 2.57 bits per heavy atom. The van der Waals surface area contributed by atoms with Crippen LogP contribution in [-0.2, 0) is 10.0 Å². The summed E-state index contributed by atoms with van der Waals surface area (Å²) in [6, 6.07) is 6.81. The van der Waals surface area contributed by atoms with Crippen molar-refractivity contribution in [2.45, 2.75) is 24.8 Å². The molecule has 0 aliphatic heterocycles. The summed E-state index contributed by atoms with van der Waals surface area (Å²) in [5, 5.41) is 1.88. The lowest BCUT2D eigenvalue weighted by Crippen LogP contribution is -2.31. The molecular formula is C14H17FN2O2S2. The number of anilines is 1. The lowest BCUT2D eigenvalue weighted by molar-refractivity contribution is 0.466. The predicted octanol–water partition coefficient (Wildman–Crippen LogP) is 3.15. The van der Waals surface area contributed by atoms with Gasteiger partial charge in [-0.1, -0.05) is 19.9 Å². The quantitative estimate of drug-likeness (QED) is 0.828. The summed E-state index contributed by atoms with van der Waals surface area (Å²) < 4.78 is 41.2. The van der Waals surface area contributed by atoms with Gasteiger partial charge in [0.15, 0.2) is 0 Å². The van der Waals surface area contributed by atoms with Crippen LogP contribution in [0.25, 0.3) is 0 Å². The summed E-state index contributed by atoms with van der Waals surface area (Å²) in [6.45, 7) is 3.81. The highest BCUT2D eigenvalue weighted by atomic mass is 32.2. The molecular weight excluding hydrogens is 311 g/mol. The molecule has 0 aliphatic rings. The number of nitrogens with two attached hydrogens (primary N) is 1. The summed E-state index contributed by atoms with van der Waals surface area (Å²) in [6.07, 6.45) is 0. The second-order valence-electron chi connectivity index (χ2n) is 5.05. The van der Waals surface area contributed by atoms with E-state index in [1.807, 2.05) is 31.4 Å². The van der Waals surface area contributed by atoms with E-state index < -0.39 is 26.8 Å². The first-order valence-corrected chi connectivity index (χ1v) is 8.78. The third-order valence-corrected chi connectivity index (χ3v) is 5.45.